The molecule has 0 N–H and O–H groups in total. The van der Waals surface area contributed by atoms with Gasteiger partial charge in [-0.1, -0.05) is 32.9 Å². The van der Waals surface area contributed by atoms with E-state index in [-0.39, 0.29) is 23.4 Å². The molecule has 0 saturated heterocycles. The van der Waals surface area contributed by atoms with Gasteiger partial charge in [-0.15, -0.1) is 0 Å². The minimum absolute atomic E-state index is 0.0321. The van der Waals surface area contributed by atoms with Gasteiger partial charge in [0.1, 0.15) is 12.4 Å². The number of imidazole rings is 1. The zero-order valence-corrected chi connectivity index (χ0v) is 13.8. The van der Waals surface area contributed by atoms with E-state index in [1.807, 2.05) is 27.7 Å². The van der Waals surface area contributed by atoms with Crippen molar-refractivity contribution < 1.29 is 12.9 Å². The lowest BCUT2D eigenvalue weighted by atomic mass is 10.2. The summed E-state index contributed by atoms with van der Waals surface area (Å²) in [6.45, 7) is 8.01. The van der Waals surface area contributed by atoms with Crippen LogP contribution in [0.4, 0.5) is 0 Å². The highest BCUT2D eigenvalue weighted by molar-refractivity contribution is 8.13. The van der Waals surface area contributed by atoms with Crippen LogP contribution in [0.2, 0.25) is 0 Å². The molecule has 0 aliphatic heterocycles. The molecule has 0 atom stereocenters. The first-order valence-electron chi connectivity index (χ1n) is 6.52. The summed E-state index contributed by atoms with van der Waals surface area (Å²) >= 11 is 0. The molecule has 0 saturated carbocycles. The monoisotopic (exact) mass is 332 g/mol. The van der Waals surface area contributed by atoms with Crippen LogP contribution in [-0.2, 0) is 15.6 Å². The van der Waals surface area contributed by atoms with E-state index in [1.165, 1.54) is 6.20 Å². The average molecular weight is 333 g/mol. The highest BCUT2D eigenvalue weighted by Gasteiger charge is 2.21. The van der Waals surface area contributed by atoms with Crippen LogP contribution in [-0.4, -0.2) is 28.1 Å². The van der Waals surface area contributed by atoms with Crippen LogP contribution >= 0.6 is 10.7 Å². The molecule has 0 radical (unpaired) electrons. The molecule has 0 spiro atoms. The van der Waals surface area contributed by atoms with E-state index in [2.05, 4.69) is 15.1 Å². The molecule has 0 aliphatic rings. The molecule has 0 amide bonds. The smallest absolute Gasteiger partial charge is 0.280 e. The van der Waals surface area contributed by atoms with Gasteiger partial charge in [0.05, 0.1) is 0 Å². The Morgan fingerprint density at radius 3 is 2.38 bits per heavy atom. The molecule has 0 unspecified atom stereocenters. The van der Waals surface area contributed by atoms with Gasteiger partial charge < -0.3 is 9.09 Å². The standard InChI is InChI=1S/C12H17ClN4O3S/c1-7(2)11-14-9(20-16-11)5-17-6-10(21(13,18)19)15-12(17)8(3)4/h6-8H,5H2,1-4H3. The summed E-state index contributed by atoms with van der Waals surface area (Å²) in [6, 6.07) is 0. The molecule has 0 aromatic carbocycles. The SMILES string of the molecule is CC(C)c1noc(Cn2cc(S(=O)(=O)Cl)nc2C(C)C)n1. The quantitative estimate of drug-likeness (QED) is 0.781. The van der Waals surface area contributed by atoms with Crippen molar-refractivity contribution in [3.8, 4) is 0 Å². The van der Waals surface area contributed by atoms with Crippen LogP contribution in [0.5, 0.6) is 0 Å². The molecular weight excluding hydrogens is 316 g/mol. The van der Waals surface area contributed by atoms with Gasteiger partial charge in [0.15, 0.2) is 10.9 Å². The number of aromatic nitrogens is 4. The Labute approximate surface area is 127 Å². The van der Waals surface area contributed by atoms with E-state index in [0.717, 1.165) is 0 Å². The minimum Gasteiger partial charge on any atom is -0.337 e. The second-order valence-corrected chi connectivity index (χ2v) is 7.87. The summed E-state index contributed by atoms with van der Waals surface area (Å²) in [5, 5.41) is 3.71. The molecule has 116 valence electrons. The van der Waals surface area contributed by atoms with Gasteiger partial charge in [0.25, 0.3) is 9.05 Å². The van der Waals surface area contributed by atoms with Crippen molar-refractivity contribution >= 4 is 19.7 Å². The summed E-state index contributed by atoms with van der Waals surface area (Å²) in [6.07, 6.45) is 1.39. The molecule has 7 nitrogen and oxygen atoms in total. The van der Waals surface area contributed by atoms with Gasteiger partial charge in [0.2, 0.25) is 5.89 Å². The summed E-state index contributed by atoms with van der Waals surface area (Å²) in [7, 11) is 1.48. The van der Waals surface area contributed by atoms with E-state index in [1.54, 1.807) is 4.57 Å². The highest BCUT2D eigenvalue weighted by atomic mass is 35.7. The van der Waals surface area contributed by atoms with Crippen LogP contribution in [0, 0.1) is 0 Å². The topological polar surface area (TPSA) is 90.9 Å². The van der Waals surface area contributed by atoms with Crippen molar-refractivity contribution in [3.05, 3.63) is 23.7 Å². The molecule has 0 fully saturated rings. The van der Waals surface area contributed by atoms with Gasteiger partial charge >= 0.3 is 0 Å². The van der Waals surface area contributed by atoms with Gasteiger partial charge in [-0.05, 0) is 0 Å². The fourth-order valence-corrected chi connectivity index (χ4v) is 2.50. The second kappa shape index (κ2) is 5.76. The van der Waals surface area contributed by atoms with Gasteiger partial charge in [-0.25, -0.2) is 13.4 Å². The number of halogens is 1. The fraction of sp³-hybridized carbons (Fsp3) is 0.583. The summed E-state index contributed by atoms with van der Waals surface area (Å²) in [4.78, 5) is 8.34. The molecular formula is C12H17ClN4O3S. The normalized spacial score (nSPS) is 12.5. The Morgan fingerprint density at radius 1 is 1.24 bits per heavy atom. The molecule has 2 heterocycles. The van der Waals surface area contributed by atoms with Crippen molar-refractivity contribution in [3.63, 3.8) is 0 Å². The lowest BCUT2D eigenvalue weighted by Gasteiger charge is -2.06. The number of rotatable bonds is 5. The average Bonchev–Trinajstić information content (AvgIpc) is 2.95. The van der Waals surface area contributed by atoms with E-state index in [0.29, 0.717) is 17.5 Å². The van der Waals surface area contributed by atoms with Gasteiger partial charge in [-0.3, -0.25) is 0 Å². The third-order valence-electron chi connectivity index (χ3n) is 2.86. The lowest BCUT2D eigenvalue weighted by Crippen LogP contribution is -2.06. The molecule has 0 aliphatic carbocycles. The maximum atomic E-state index is 11.4. The first-order chi connectivity index (χ1) is 9.68. The predicted molar refractivity (Wildman–Crippen MR) is 76.8 cm³/mol. The van der Waals surface area contributed by atoms with Crippen LogP contribution < -0.4 is 0 Å². The first-order valence-corrected chi connectivity index (χ1v) is 8.83. The van der Waals surface area contributed by atoms with E-state index in [4.69, 9.17) is 15.2 Å². The number of hydrogen-bond acceptors (Lipinski definition) is 6. The zero-order chi connectivity index (χ0) is 15.8. The fourth-order valence-electron chi connectivity index (χ4n) is 1.82. The zero-order valence-electron chi connectivity index (χ0n) is 12.2. The van der Waals surface area contributed by atoms with Crippen LogP contribution in [0.1, 0.15) is 57.1 Å². The third-order valence-corrected chi connectivity index (χ3v) is 4.03. The molecule has 21 heavy (non-hydrogen) atoms. The summed E-state index contributed by atoms with van der Waals surface area (Å²) in [5.74, 6) is 1.80. The van der Waals surface area contributed by atoms with E-state index < -0.39 is 9.05 Å². The van der Waals surface area contributed by atoms with Gasteiger partial charge in [0, 0.05) is 28.7 Å². The maximum Gasteiger partial charge on any atom is 0.280 e. The van der Waals surface area contributed by atoms with Crippen molar-refractivity contribution in [2.75, 3.05) is 0 Å². The largest absolute Gasteiger partial charge is 0.337 e. The van der Waals surface area contributed by atoms with Crippen LogP contribution in [0.25, 0.3) is 0 Å². The summed E-state index contributed by atoms with van der Waals surface area (Å²) in [5.41, 5.74) is 0. The Kier molecular flexibility index (Phi) is 4.38. The lowest BCUT2D eigenvalue weighted by molar-refractivity contribution is 0.362. The Hall–Kier alpha value is -1.41. The highest BCUT2D eigenvalue weighted by Crippen LogP contribution is 2.21. The van der Waals surface area contributed by atoms with Crippen molar-refractivity contribution in [1.29, 1.82) is 0 Å². The second-order valence-electron chi connectivity index (χ2n) is 5.36. The Bertz CT molecular complexity index is 734. The van der Waals surface area contributed by atoms with E-state index in [9.17, 15) is 8.42 Å². The predicted octanol–water partition coefficient (Wildman–Crippen LogP) is 2.49. The number of hydrogen-bond donors (Lipinski definition) is 0. The van der Waals surface area contributed by atoms with Crippen molar-refractivity contribution in [2.24, 2.45) is 0 Å². The van der Waals surface area contributed by atoms with Crippen molar-refractivity contribution in [1.82, 2.24) is 19.7 Å². The number of nitrogens with zero attached hydrogens (tertiary/aromatic N) is 4. The first kappa shape index (κ1) is 16.0. The molecule has 2 rings (SSSR count). The Balaban J connectivity index is 2.36. The van der Waals surface area contributed by atoms with Crippen LogP contribution in [0.3, 0.4) is 0 Å². The Morgan fingerprint density at radius 2 is 1.90 bits per heavy atom. The molecule has 2 aromatic heterocycles. The minimum atomic E-state index is -3.86. The van der Waals surface area contributed by atoms with Crippen molar-refractivity contribution in [2.45, 2.75) is 51.1 Å². The molecule has 9 heteroatoms. The molecule has 2 aromatic rings. The summed E-state index contributed by atoms with van der Waals surface area (Å²) < 4.78 is 29.6. The van der Waals surface area contributed by atoms with Crippen LogP contribution in [0.15, 0.2) is 15.7 Å². The maximum absolute atomic E-state index is 11.4. The van der Waals surface area contributed by atoms with Gasteiger partial charge in [-0.2, -0.15) is 4.98 Å². The third kappa shape index (κ3) is 3.62. The van der Waals surface area contributed by atoms with E-state index >= 15 is 0 Å². The molecule has 0 bridgehead atoms.